The molecule has 0 radical (unpaired) electrons. The first-order chi connectivity index (χ1) is 16.7. The molecule has 1 aromatic carbocycles. The third kappa shape index (κ3) is 5.42. The van der Waals surface area contributed by atoms with Crippen LogP contribution in [-0.4, -0.2) is 44.9 Å². The number of hydrogen-bond acceptors (Lipinski definition) is 4. The van der Waals surface area contributed by atoms with Gasteiger partial charge in [0.05, 0.1) is 22.5 Å². The Morgan fingerprint density at radius 3 is 2.54 bits per heavy atom. The highest BCUT2D eigenvalue weighted by Crippen LogP contribution is 2.37. The summed E-state index contributed by atoms with van der Waals surface area (Å²) in [4.78, 5) is 32.2. The van der Waals surface area contributed by atoms with Crippen molar-refractivity contribution in [3.8, 4) is 5.82 Å². The molecule has 0 saturated carbocycles. The number of fused-ring (bicyclic) bond motifs is 1. The van der Waals surface area contributed by atoms with Gasteiger partial charge in [-0.3, -0.25) is 9.59 Å². The minimum absolute atomic E-state index is 0.0679. The lowest BCUT2D eigenvalue weighted by Gasteiger charge is -2.29. The number of aryl methyl sites for hydroxylation is 2. The summed E-state index contributed by atoms with van der Waals surface area (Å²) in [5, 5.41) is 4.78. The quantitative estimate of drug-likeness (QED) is 0.426. The van der Waals surface area contributed by atoms with E-state index in [0.717, 1.165) is 36.2 Å². The molecule has 182 valence electrons. The van der Waals surface area contributed by atoms with Crippen LogP contribution in [0.25, 0.3) is 5.82 Å². The van der Waals surface area contributed by atoms with Gasteiger partial charge in [0, 0.05) is 26.2 Å². The van der Waals surface area contributed by atoms with Crippen LogP contribution in [-0.2, 0) is 19.3 Å². The maximum atomic E-state index is 13.0. The van der Waals surface area contributed by atoms with Crippen LogP contribution >= 0.6 is 0 Å². The number of aromatic nitrogens is 3. The molecule has 0 saturated heterocycles. The van der Waals surface area contributed by atoms with E-state index in [1.54, 1.807) is 21.8 Å². The fourth-order valence-corrected chi connectivity index (χ4v) is 4.64. The lowest BCUT2D eigenvalue weighted by Crippen LogP contribution is -2.29. The Kier molecular flexibility index (Phi) is 7.01. The number of Topliss-reactive ketones (excluding diaryl/α,β-unsaturated/α-hetero) is 1. The number of carbonyl (C=O) groups excluding carboxylic acids is 2. The molecule has 2 heterocycles. The molecule has 0 N–H and O–H groups in total. The van der Waals surface area contributed by atoms with Crippen molar-refractivity contribution >= 4 is 11.7 Å². The average Bonchev–Trinajstić information content (AvgIpc) is 3.19. The largest absolute Gasteiger partial charge is 0.341 e. The van der Waals surface area contributed by atoms with E-state index < -0.39 is 0 Å². The summed E-state index contributed by atoms with van der Waals surface area (Å²) in [6.07, 6.45) is 6.94. The SMILES string of the molecule is C=CCCc1nn(-c2ccc(C(=O)N(C)CCc3ccc(C)cc3)cn2)c2c1C(=O)CC(C)(C)C2. The van der Waals surface area contributed by atoms with Crippen molar-refractivity contribution < 1.29 is 9.59 Å². The fourth-order valence-electron chi connectivity index (χ4n) is 4.64. The number of likely N-dealkylation sites (N-methyl/N-ethyl adjacent to an activating group) is 1. The summed E-state index contributed by atoms with van der Waals surface area (Å²) in [5.41, 5.74) is 5.28. The highest BCUT2D eigenvalue weighted by Gasteiger charge is 2.36. The summed E-state index contributed by atoms with van der Waals surface area (Å²) in [6, 6.07) is 12.0. The van der Waals surface area contributed by atoms with Crippen LogP contribution in [0.5, 0.6) is 0 Å². The molecule has 1 aliphatic carbocycles. The molecular weight excluding hydrogens is 436 g/mol. The number of pyridine rings is 1. The van der Waals surface area contributed by atoms with Gasteiger partial charge in [-0.15, -0.1) is 6.58 Å². The molecule has 35 heavy (non-hydrogen) atoms. The first-order valence-corrected chi connectivity index (χ1v) is 12.2. The van der Waals surface area contributed by atoms with E-state index in [2.05, 4.69) is 56.6 Å². The molecule has 0 aliphatic heterocycles. The number of amides is 1. The topological polar surface area (TPSA) is 68.1 Å². The number of carbonyl (C=O) groups is 2. The lowest BCUT2D eigenvalue weighted by molar-refractivity contribution is 0.0795. The Balaban J connectivity index is 1.54. The van der Waals surface area contributed by atoms with Crippen molar-refractivity contribution in [2.75, 3.05) is 13.6 Å². The van der Waals surface area contributed by atoms with Gasteiger partial charge in [-0.05, 0) is 55.7 Å². The van der Waals surface area contributed by atoms with Crippen LogP contribution in [0, 0.1) is 12.3 Å². The molecular formula is C29H34N4O2. The highest BCUT2D eigenvalue weighted by molar-refractivity contribution is 6.00. The summed E-state index contributed by atoms with van der Waals surface area (Å²) >= 11 is 0. The van der Waals surface area contributed by atoms with Crippen molar-refractivity contribution in [1.29, 1.82) is 0 Å². The van der Waals surface area contributed by atoms with Gasteiger partial charge in [0.15, 0.2) is 11.6 Å². The summed E-state index contributed by atoms with van der Waals surface area (Å²) < 4.78 is 1.79. The number of rotatable bonds is 8. The number of allylic oxidation sites excluding steroid dienone is 1. The van der Waals surface area contributed by atoms with E-state index in [4.69, 9.17) is 5.10 Å². The van der Waals surface area contributed by atoms with E-state index >= 15 is 0 Å². The molecule has 0 unspecified atom stereocenters. The molecule has 6 heteroatoms. The first kappa shape index (κ1) is 24.6. The predicted molar refractivity (Wildman–Crippen MR) is 138 cm³/mol. The lowest BCUT2D eigenvalue weighted by atomic mass is 9.75. The van der Waals surface area contributed by atoms with Crippen molar-refractivity contribution in [2.24, 2.45) is 5.41 Å². The van der Waals surface area contributed by atoms with Gasteiger partial charge >= 0.3 is 0 Å². The smallest absolute Gasteiger partial charge is 0.255 e. The molecule has 0 atom stereocenters. The average molecular weight is 471 g/mol. The zero-order valence-electron chi connectivity index (χ0n) is 21.2. The number of hydrogen-bond donors (Lipinski definition) is 0. The van der Waals surface area contributed by atoms with Crippen LogP contribution in [0.3, 0.4) is 0 Å². The Hall–Kier alpha value is -3.54. The Morgan fingerprint density at radius 1 is 1.14 bits per heavy atom. The van der Waals surface area contributed by atoms with Gasteiger partial charge in [0.2, 0.25) is 0 Å². The minimum Gasteiger partial charge on any atom is -0.341 e. The Morgan fingerprint density at radius 2 is 1.89 bits per heavy atom. The second kappa shape index (κ2) is 9.98. The zero-order chi connectivity index (χ0) is 25.2. The summed E-state index contributed by atoms with van der Waals surface area (Å²) in [7, 11) is 1.81. The fraction of sp³-hybridized carbons (Fsp3) is 0.379. The minimum atomic E-state index is -0.131. The summed E-state index contributed by atoms with van der Waals surface area (Å²) in [5.74, 6) is 0.695. The van der Waals surface area contributed by atoms with Gasteiger partial charge in [0.1, 0.15) is 0 Å². The molecule has 1 amide bonds. The van der Waals surface area contributed by atoms with Crippen molar-refractivity contribution in [1.82, 2.24) is 19.7 Å². The molecule has 0 spiro atoms. The molecule has 0 bridgehead atoms. The van der Waals surface area contributed by atoms with Crippen LogP contribution in [0.1, 0.15) is 69.9 Å². The second-order valence-electron chi connectivity index (χ2n) is 10.3. The van der Waals surface area contributed by atoms with Gasteiger partial charge in [-0.1, -0.05) is 49.8 Å². The molecule has 0 fully saturated rings. The van der Waals surface area contributed by atoms with Gasteiger partial charge < -0.3 is 4.90 Å². The van der Waals surface area contributed by atoms with Crippen molar-refractivity contribution in [3.05, 3.63) is 88.9 Å². The third-order valence-electron chi connectivity index (χ3n) is 6.62. The molecule has 6 nitrogen and oxygen atoms in total. The first-order valence-electron chi connectivity index (χ1n) is 12.2. The predicted octanol–water partition coefficient (Wildman–Crippen LogP) is 5.16. The van der Waals surface area contributed by atoms with E-state index in [9.17, 15) is 9.59 Å². The molecule has 1 aliphatic rings. The van der Waals surface area contributed by atoms with E-state index in [0.29, 0.717) is 30.8 Å². The van der Waals surface area contributed by atoms with Crippen LogP contribution in [0.2, 0.25) is 0 Å². The van der Waals surface area contributed by atoms with E-state index in [1.165, 1.54) is 11.1 Å². The molecule has 4 rings (SSSR count). The number of nitrogens with zero attached hydrogens (tertiary/aromatic N) is 4. The zero-order valence-corrected chi connectivity index (χ0v) is 21.2. The normalized spacial score (nSPS) is 14.5. The van der Waals surface area contributed by atoms with Gasteiger partial charge in [0.25, 0.3) is 5.91 Å². The molecule has 3 aromatic rings. The highest BCUT2D eigenvalue weighted by atomic mass is 16.2. The van der Waals surface area contributed by atoms with Gasteiger partial charge in [-0.2, -0.15) is 5.10 Å². The summed E-state index contributed by atoms with van der Waals surface area (Å²) in [6.45, 7) is 10.7. The van der Waals surface area contributed by atoms with E-state index in [1.807, 2.05) is 19.2 Å². The maximum Gasteiger partial charge on any atom is 0.255 e. The second-order valence-corrected chi connectivity index (χ2v) is 10.3. The maximum absolute atomic E-state index is 13.0. The number of ketones is 1. The van der Waals surface area contributed by atoms with Crippen LogP contribution in [0.4, 0.5) is 0 Å². The third-order valence-corrected chi connectivity index (χ3v) is 6.62. The van der Waals surface area contributed by atoms with Gasteiger partial charge in [-0.25, -0.2) is 9.67 Å². The molecule has 2 aromatic heterocycles. The van der Waals surface area contributed by atoms with Crippen molar-refractivity contribution in [2.45, 2.75) is 52.9 Å². The van der Waals surface area contributed by atoms with Crippen LogP contribution in [0.15, 0.2) is 55.3 Å². The van der Waals surface area contributed by atoms with E-state index in [-0.39, 0.29) is 17.1 Å². The standard InChI is InChI=1S/C29H34N4O2/c1-6-7-8-23-27-24(17-29(3,4)18-25(27)34)33(31-23)26-14-13-22(19-30-26)28(35)32(5)16-15-21-11-9-20(2)10-12-21/h6,9-14,19H,1,7-8,15-18H2,2-5H3. The van der Waals surface area contributed by atoms with Crippen molar-refractivity contribution in [3.63, 3.8) is 0 Å². The Labute approximate surface area is 207 Å². The number of benzene rings is 1. The monoisotopic (exact) mass is 470 g/mol. The van der Waals surface area contributed by atoms with Crippen LogP contribution < -0.4 is 0 Å². The Bertz CT molecular complexity index is 1240.